The van der Waals surface area contributed by atoms with Gasteiger partial charge in [0.15, 0.2) is 0 Å². The van der Waals surface area contributed by atoms with Crippen LogP contribution in [-0.2, 0) is 0 Å². The summed E-state index contributed by atoms with van der Waals surface area (Å²) in [6.45, 7) is 0. The Bertz CT molecular complexity index is 3050. The van der Waals surface area contributed by atoms with E-state index in [0.717, 1.165) is 5.69 Å². The number of benzene rings is 8. The van der Waals surface area contributed by atoms with E-state index in [-0.39, 0.29) is 0 Å². The largest absolute Gasteiger partial charge is 0.309 e. The van der Waals surface area contributed by atoms with Gasteiger partial charge in [0, 0.05) is 48.4 Å². The third-order valence-electron chi connectivity index (χ3n) is 10.5. The first-order valence-electron chi connectivity index (χ1n) is 17.4. The minimum Gasteiger partial charge on any atom is -0.309 e. The molecule has 0 aliphatic heterocycles. The zero-order chi connectivity index (χ0) is 33.5. The highest BCUT2D eigenvalue weighted by Crippen LogP contribution is 2.44. The lowest BCUT2D eigenvalue weighted by molar-refractivity contribution is 1.18. The van der Waals surface area contributed by atoms with Crippen LogP contribution in [0.4, 0.5) is 0 Å². The van der Waals surface area contributed by atoms with Gasteiger partial charge in [-0.05, 0) is 70.8 Å². The van der Waals surface area contributed by atoms with E-state index in [4.69, 9.17) is 0 Å². The highest BCUT2D eigenvalue weighted by atomic mass is 32.1. The second-order valence-corrected chi connectivity index (χ2v) is 14.4. The number of hydrogen-bond donors (Lipinski definition) is 0. The van der Waals surface area contributed by atoms with Crippen molar-refractivity contribution in [1.82, 2.24) is 9.13 Å². The van der Waals surface area contributed by atoms with Crippen molar-refractivity contribution in [2.24, 2.45) is 0 Å². The van der Waals surface area contributed by atoms with Crippen LogP contribution in [0.1, 0.15) is 0 Å². The first-order valence-corrected chi connectivity index (χ1v) is 18.3. The summed E-state index contributed by atoms with van der Waals surface area (Å²) in [7, 11) is 0. The number of thiophene rings is 1. The third kappa shape index (κ3) is 4.29. The molecule has 0 radical (unpaired) electrons. The summed E-state index contributed by atoms with van der Waals surface area (Å²) in [5, 5.41) is 7.75. The topological polar surface area (TPSA) is 9.86 Å². The zero-order valence-corrected chi connectivity index (χ0v) is 28.4. The molecule has 0 saturated carbocycles. The fraction of sp³-hybridized carbons (Fsp3) is 0. The molecule has 0 fully saturated rings. The quantitative estimate of drug-likeness (QED) is 0.177. The maximum atomic E-state index is 2.49. The Labute approximate surface area is 298 Å². The monoisotopic (exact) mass is 666 g/mol. The molecule has 8 aromatic carbocycles. The van der Waals surface area contributed by atoms with Crippen LogP contribution in [0.15, 0.2) is 182 Å². The fourth-order valence-corrected chi connectivity index (χ4v) is 9.40. The molecule has 0 atom stereocenters. The smallest absolute Gasteiger partial charge is 0.0719 e. The molecular weight excluding hydrogens is 637 g/mol. The van der Waals surface area contributed by atoms with Gasteiger partial charge in [-0.1, -0.05) is 133 Å². The Morgan fingerprint density at radius 1 is 0.314 bits per heavy atom. The second kappa shape index (κ2) is 11.0. The van der Waals surface area contributed by atoms with Crippen LogP contribution in [0.3, 0.4) is 0 Å². The van der Waals surface area contributed by atoms with Crippen LogP contribution < -0.4 is 0 Å². The molecule has 0 N–H and O–H groups in total. The number of rotatable bonds is 4. The molecule has 0 amide bonds. The lowest BCUT2D eigenvalue weighted by Gasteiger charge is -2.12. The molecule has 11 rings (SSSR count). The summed E-state index contributed by atoms with van der Waals surface area (Å²) < 4.78 is 7.51. The molecule has 3 heteroatoms. The van der Waals surface area contributed by atoms with Crippen LogP contribution in [0.2, 0.25) is 0 Å². The lowest BCUT2D eigenvalue weighted by atomic mass is 10.0. The van der Waals surface area contributed by atoms with Gasteiger partial charge in [-0.3, -0.25) is 0 Å². The molecule has 11 aromatic rings. The molecule has 0 saturated heterocycles. The van der Waals surface area contributed by atoms with E-state index in [0.29, 0.717) is 0 Å². The average molecular weight is 667 g/mol. The van der Waals surface area contributed by atoms with Crippen molar-refractivity contribution in [3.8, 4) is 33.6 Å². The minimum atomic E-state index is 1.16. The second-order valence-electron chi connectivity index (χ2n) is 13.3. The van der Waals surface area contributed by atoms with Gasteiger partial charge in [-0.2, -0.15) is 0 Å². The number of para-hydroxylation sites is 2. The Hall–Kier alpha value is -6.42. The van der Waals surface area contributed by atoms with Gasteiger partial charge in [-0.15, -0.1) is 11.3 Å². The van der Waals surface area contributed by atoms with Crippen molar-refractivity contribution >= 4 is 75.1 Å². The van der Waals surface area contributed by atoms with Gasteiger partial charge in [-0.25, -0.2) is 0 Å². The van der Waals surface area contributed by atoms with Gasteiger partial charge >= 0.3 is 0 Å². The average Bonchev–Trinajstić information content (AvgIpc) is 3.86. The van der Waals surface area contributed by atoms with Gasteiger partial charge in [0.2, 0.25) is 0 Å². The van der Waals surface area contributed by atoms with Gasteiger partial charge < -0.3 is 9.13 Å². The molecule has 0 spiro atoms. The van der Waals surface area contributed by atoms with Crippen LogP contribution in [-0.4, -0.2) is 9.13 Å². The van der Waals surface area contributed by atoms with E-state index in [1.165, 1.54) is 91.7 Å². The van der Waals surface area contributed by atoms with E-state index in [9.17, 15) is 0 Å². The van der Waals surface area contributed by atoms with Crippen molar-refractivity contribution in [3.63, 3.8) is 0 Å². The summed E-state index contributed by atoms with van der Waals surface area (Å²) in [6.07, 6.45) is 0. The third-order valence-corrected chi connectivity index (χ3v) is 11.7. The van der Waals surface area contributed by atoms with E-state index in [1.54, 1.807) is 0 Å². The predicted molar refractivity (Wildman–Crippen MR) is 219 cm³/mol. The maximum Gasteiger partial charge on any atom is 0.0719 e. The van der Waals surface area contributed by atoms with E-state index < -0.39 is 0 Å². The molecule has 3 aromatic heterocycles. The summed E-state index contributed by atoms with van der Waals surface area (Å²) >= 11 is 1.89. The first kappa shape index (κ1) is 28.4. The Kier molecular flexibility index (Phi) is 6.16. The predicted octanol–water partition coefficient (Wildman–Crippen LogP) is 13.6. The summed E-state index contributed by atoms with van der Waals surface area (Å²) in [5.74, 6) is 0. The highest BCUT2D eigenvalue weighted by molar-refractivity contribution is 7.26. The standard InChI is InChI=1S/C48H30N2S/c1-2-10-31(11-3-1)34-22-27-39-41-28-29-42-40-14-6-9-17-46(40)51-48(42)47(41)50(45(39)30-34)36-25-20-33(21-26-36)32-18-23-35(24-19-32)49-43-15-7-4-12-37(43)38-13-5-8-16-44(38)49/h1-30H. The van der Waals surface area contributed by atoms with Crippen LogP contribution in [0, 0.1) is 0 Å². The van der Waals surface area contributed by atoms with Crippen LogP contribution in [0.5, 0.6) is 0 Å². The number of fused-ring (bicyclic) bond motifs is 10. The van der Waals surface area contributed by atoms with Gasteiger partial charge in [0.05, 0.1) is 26.8 Å². The Morgan fingerprint density at radius 2 is 0.804 bits per heavy atom. The maximum absolute atomic E-state index is 2.49. The molecule has 51 heavy (non-hydrogen) atoms. The summed E-state index contributed by atoms with van der Waals surface area (Å²) in [4.78, 5) is 0. The van der Waals surface area contributed by atoms with Gasteiger partial charge in [0.1, 0.15) is 0 Å². The lowest BCUT2D eigenvalue weighted by Crippen LogP contribution is -1.95. The summed E-state index contributed by atoms with van der Waals surface area (Å²) in [5.41, 5.74) is 12.1. The highest BCUT2D eigenvalue weighted by Gasteiger charge is 2.19. The number of aromatic nitrogens is 2. The van der Waals surface area contributed by atoms with Crippen molar-refractivity contribution in [2.45, 2.75) is 0 Å². The normalized spacial score (nSPS) is 11.9. The number of hydrogen-bond acceptors (Lipinski definition) is 1. The number of nitrogens with zero attached hydrogens (tertiary/aromatic N) is 2. The molecule has 0 aliphatic rings. The van der Waals surface area contributed by atoms with Crippen molar-refractivity contribution in [1.29, 1.82) is 0 Å². The van der Waals surface area contributed by atoms with E-state index >= 15 is 0 Å². The van der Waals surface area contributed by atoms with Crippen LogP contribution in [0.25, 0.3) is 97.4 Å². The van der Waals surface area contributed by atoms with Crippen molar-refractivity contribution in [2.75, 3.05) is 0 Å². The Balaban J connectivity index is 1.06. The Morgan fingerprint density at radius 3 is 1.49 bits per heavy atom. The first-order chi connectivity index (χ1) is 25.3. The SMILES string of the molecule is c1ccc(-c2ccc3c4ccc5c6ccccc6sc5c4n(-c4ccc(-c5ccc(-n6c7ccccc7c7ccccc76)cc5)cc4)c3c2)cc1. The summed E-state index contributed by atoms with van der Waals surface area (Å²) in [6, 6.07) is 66.5. The molecular formula is C48H30N2S. The molecule has 238 valence electrons. The van der Waals surface area contributed by atoms with E-state index in [2.05, 4.69) is 191 Å². The molecule has 0 aliphatic carbocycles. The van der Waals surface area contributed by atoms with Crippen LogP contribution >= 0.6 is 11.3 Å². The van der Waals surface area contributed by atoms with Crippen molar-refractivity contribution < 1.29 is 0 Å². The minimum absolute atomic E-state index is 1.16. The fourth-order valence-electron chi connectivity index (χ4n) is 8.16. The van der Waals surface area contributed by atoms with E-state index in [1.807, 2.05) is 11.3 Å². The van der Waals surface area contributed by atoms with Crippen molar-refractivity contribution in [3.05, 3.63) is 182 Å². The molecule has 2 nitrogen and oxygen atoms in total. The van der Waals surface area contributed by atoms with Gasteiger partial charge in [0.25, 0.3) is 0 Å². The molecule has 3 heterocycles. The molecule has 0 bridgehead atoms. The zero-order valence-electron chi connectivity index (χ0n) is 27.6. The molecule has 0 unspecified atom stereocenters.